The number of nitrogens with zero attached hydrogens (tertiary/aromatic N) is 5. The molecule has 0 saturated carbocycles. The van der Waals surface area contributed by atoms with Gasteiger partial charge in [-0.15, -0.1) is 10.2 Å². The van der Waals surface area contributed by atoms with E-state index in [4.69, 9.17) is 0 Å². The molecule has 1 aliphatic rings. The van der Waals surface area contributed by atoms with E-state index in [2.05, 4.69) is 76.8 Å². The second-order valence-corrected chi connectivity index (χ2v) is 7.39. The summed E-state index contributed by atoms with van der Waals surface area (Å²) in [5.74, 6) is 1.73. The molecule has 1 aromatic carbocycles. The van der Waals surface area contributed by atoms with Gasteiger partial charge in [0.15, 0.2) is 0 Å². The first-order valence-electron chi connectivity index (χ1n) is 8.93. The van der Waals surface area contributed by atoms with Crippen molar-refractivity contribution < 1.29 is 0 Å². The van der Waals surface area contributed by atoms with Gasteiger partial charge in [0.05, 0.1) is 6.04 Å². The van der Waals surface area contributed by atoms with Crippen LogP contribution in [0.5, 0.6) is 0 Å². The molecular weight excluding hydrogens is 298 g/mol. The van der Waals surface area contributed by atoms with Crippen molar-refractivity contribution in [2.24, 2.45) is 5.92 Å². The van der Waals surface area contributed by atoms with Crippen molar-refractivity contribution in [3.05, 3.63) is 42.0 Å². The maximum absolute atomic E-state index is 4.46. The second-order valence-electron chi connectivity index (χ2n) is 7.39. The fraction of sp³-hybridized carbons (Fsp3) is 0.579. The van der Waals surface area contributed by atoms with Crippen molar-refractivity contribution in [2.45, 2.75) is 45.8 Å². The summed E-state index contributed by atoms with van der Waals surface area (Å²) >= 11 is 0. The number of hydrogen-bond acceptors (Lipinski definition) is 4. The number of anilines is 1. The molecule has 0 spiro atoms. The lowest BCUT2D eigenvalue weighted by Gasteiger charge is -2.27. The quantitative estimate of drug-likeness (QED) is 0.815. The Bertz CT molecular complexity index is 661. The molecule has 1 atom stereocenters. The lowest BCUT2D eigenvalue weighted by molar-refractivity contribution is 0.233. The first-order valence-corrected chi connectivity index (χ1v) is 8.93. The summed E-state index contributed by atoms with van der Waals surface area (Å²) in [6.45, 7) is 7.56. The third kappa shape index (κ3) is 3.61. The Balaban J connectivity index is 1.81. The molecule has 0 bridgehead atoms. The molecule has 3 rings (SSSR count). The van der Waals surface area contributed by atoms with Crippen molar-refractivity contribution in [1.82, 2.24) is 19.7 Å². The molecule has 24 heavy (non-hydrogen) atoms. The van der Waals surface area contributed by atoms with E-state index in [0.717, 1.165) is 25.5 Å². The highest BCUT2D eigenvalue weighted by Crippen LogP contribution is 2.33. The van der Waals surface area contributed by atoms with Crippen molar-refractivity contribution in [3.8, 4) is 0 Å². The highest BCUT2D eigenvalue weighted by Gasteiger charge is 2.30. The third-order valence-corrected chi connectivity index (χ3v) is 4.72. The van der Waals surface area contributed by atoms with E-state index in [1.807, 2.05) is 6.33 Å². The van der Waals surface area contributed by atoms with Crippen LogP contribution in [-0.2, 0) is 13.1 Å². The minimum Gasteiger partial charge on any atom is -0.377 e. The average molecular weight is 327 g/mol. The van der Waals surface area contributed by atoms with E-state index >= 15 is 0 Å². The Hall–Kier alpha value is -1.88. The van der Waals surface area contributed by atoms with Crippen molar-refractivity contribution in [1.29, 1.82) is 0 Å². The minimum absolute atomic E-state index is 0.376. The van der Waals surface area contributed by atoms with Gasteiger partial charge in [-0.05, 0) is 36.9 Å². The lowest BCUT2D eigenvalue weighted by atomic mass is 10.1. The van der Waals surface area contributed by atoms with E-state index in [0.29, 0.717) is 12.0 Å². The van der Waals surface area contributed by atoms with Crippen molar-refractivity contribution in [3.63, 3.8) is 0 Å². The maximum atomic E-state index is 4.46. The standard InChI is InChI=1S/C19H29N5/c1-15(2)12-24-14-20-21-19(24)18-10-7-11-23(18)13-16-8-5-6-9-17(16)22(3)4/h5-6,8-9,14-15,18H,7,10-13H2,1-4H3. The van der Waals surface area contributed by atoms with E-state index in [9.17, 15) is 0 Å². The summed E-state index contributed by atoms with van der Waals surface area (Å²) in [6.07, 6.45) is 4.28. The predicted octanol–water partition coefficient (Wildman–Crippen LogP) is 3.34. The topological polar surface area (TPSA) is 37.2 Å². The maximum Gasteiger partial charge on any atom is 0.150 e. The Morgan fingerprint density at radius 2 is 2.04 bits per heavy atom. The zero-order valence-corrected chi connectivity index (χ0v) is 15.3. The largest absolute Gasteiger partial charge is 0.377 e. The van der Waals surface area contributed by atoms with Crippen LogP contribution in [-0.4, -0.2) is 40.3 Å². The SMILES string of the molecule is CC(C)Cn1cnnc1C1CCCN1Cc1ccccc1N(C)C. The Kier molecular flexibility index (Phi) is 5.19. The molecule has 0 aliphatic carbocycles. The van der Waals surface area contributed by atoms with Gasteiger partial charge in [0.2, 0.25) is 0 Å². The third-order valence-electron chi connectivity index (χ3n) is 4.72. The van der Waals surface area contributed by atoms with Gasteiger partial charge in [-0.3, -0.25) is 4.90 Å². The fourth-order valence-electron chi connectivity index (χ4n) is 3.66. The van der Waals surface area contributed by atoms with Crippen LogP contribution in [0.1, 0.15) is 44.1 Å². The number of para-hydroxylation sites is 1. The van der Waals surface area contributed by atoms with E-state index in [1.165, 1.54) is 24.1 Å². The first kappa shape index (κ1) is 17.0. The fourth-order valence-corrected chi connectivity index (χ4v) is 3.66. The highest BCUT2D eigenvalue weighted by molar-refractivity contribution is 5.52. The molecule has 0 N–H and O–H groups in total. The summed E-state index contributed by atoms with van der Waals surface area (Å²) < 4.78 is 2.24. The molecule has 1 aromatic heterocycles. The Morgan fingerprint density at radius 1 is 1.25 bits per heavy atom. The van der Waals surface area contributed by atoms with Gasteiger partial charge < -0.3 is 9.47 Å². The molecule has 5 heteroatoms. The molecule has 5 nitrogen and oxygen atoms in total. The summed E-state index contributed by atoms with van der Waals surface area (Å²) in [6, 6.07) is 9.06. The first-order chi connectivity index (χ1) is 11.6. The highest BCUT2D eigenvalue weighted by atomic mass is 15.3. The van der Waals surface area contributed by atoms with Gasteiger partial charge >= 0.3 is 0 Å². The van der Waals surface area contributed by atoms with Crippen LogP contribution in [0.4, 0.5) is 5.69 Å². The normalized spacial score (nSPS) is 18.5. The van der Waals surface area contributed by atoms with Gasteiger partial charge in [0, 0.05) is 32.9 Å². The Labute approximate surface area is 145 Å². The molecule has 1 saturated heterocycles. The molecule has 2 aromatic rings. The molecule has 1 aliphatic heterocycles. The predicted molar refractivity (Wildman–Crippen MR) is 98.0 cm³/mol. The monoisotopic (exact) mass is 327 g/mol. The minimum atomic E-state index is 0.376. The molecule has 1 unspecified atom stereocenters. The average Bonchev–Trinajstić information content (AvgIpc) is 3.16. The molecule has 130 valence electrons. The van der Waals surface area contributed by atoms with Gasteiger partial charge in [-0.1, -0.05) is 32.0 Å². The number of hydrogen-bond donors (Lipinski definition) is 0. The van der Waals surface area contributed by atoms with Crippen LogP contribution in [0, 0.1) is 5.92 Å². The van der Waals surface area contributed by atoms with Gasteiger partial charge in [-0.2, -0.15) is 0 Å². The second kappa shape index (κ2) is 7.34. The van der Waals surface area contributed by atoms with Gasteiger partial charge in [0.1, 0.15) is 12.2 Å². The molecule has 1 fully saturated rings. The Morgan fingerprint density at radius 3 is 2.79 bits per heavy atom. The van der Waals surface area contributed by atoms with Crippen LogP contribution in [0.3, 0.4) is 0 Å². The molecule has 0 amide bonds. The summed E-state index contributed by atoms with van der Waals surface area (Å²) in [5.41, 5.74) is 2.68. The van der Waals surface area contributed by atoms with Crippen LogP contribution in [0.2, 0.25) is 0 Å². The molecule has 0 radical (unpaired) electrons. The van der Waals surface area contributed by atoms with Crippen LogP contribution in [0.25, 0.3) is 0 Å². The van der Waals surface area contributed by atoms with E-state index in [-0.39, 0.29) is 0 Å². The molecule has 2 heterocycles. The van der Waals surface area contributed by atoms with E-state index in [1.54, 1.807) is 0 Å². The van der Waals surface area contributed by atoms with Gasteiger partial charge in [-0.25, -0.2) is 0 Å². The summed E-state index contributed by atoms with van der Waals surface area (Å²) in [4.78, 5) is 4.75. The zero-order chi connectivity index (χ0) is 17.1. The summed E-state index contributed by atoms with van der Waals surface area (Å²) in [5, 5.41) is 8.65. The van der Waals surface area contributed by atoms with E-state index < -0.39 is 0 Å². The number of benzene rings is 1. The zero-order valence-electron chi connectivity index (χ0n) is 15.3. The van der Waals surface area contributed by atoms with Crippen LogP contribution in [0.15, 0.2) is 30.6 Å². The number of aromatic nitrogens is 3. The molecular formula is C19H29N5. The smallest absolute Gasteiger partial charge is 0.150 e. The summed E-state index contributed by atoms with van der Waals surface area (Å²) in [7, 11) is 4.22. The number of likely N-dealkylation sites (tertiary alicyclic amines) is 1. The van der Waals surface area contributed by atoms with Crippen LogP contribution < -0.4 is 4.90 Å². The van der Waals surface area contributed by atoms with Gasteiger partial charge in [0.25, 0.3) is 0 Å². The lowest BCUT2D eigenvalue weighted by Crippen LogP contribution is -2.26. The van der Waals surface area contributed by atoms with Crippen molar-refractivity contribution in [2.75, 3.05) is 25.5 Å². The van der Waals surface area contributed by atoms with Crippen molar-refractivity contribution >= 4 is 5.69 Å². The number of rotatable bonds is 6. The van der Waals surface area contributed by atoms with Crippen LogP contribution >= 0.6 is 0 Å².